The molecule has 29 heavy (non-hydrogen) atoms. The van der Waals surface area contributed by atoms with Gasteiger partial charge in [-0.05, 0) is 38.3 Å². The maximum Gasteiger partial charge on any atom is 0.410 e. The largest absolute Gasteiger partial charge is 0.483 e. The monoisotopic (exact) mass is 412 g/mol. The van der Waals surface area contributed by atoms with Gasteiger partial charge in [0.25, 0.3) is 0 Å². The van der Waals surface area contributed by atoms with E-state index in [1.54, 1.807) is 4.90 Å². The third-order valence-electron chi connectivity index (χ3n) is 5.91. The van der Waals surface area contributed by atoms with E-state index in [0.717, 1.165) is 44.5 Å². The normalized spacial score (nSPS) is 25.3. The number of nitrogens with zero attached hydrogens (tertiary/aromatic N) is 2. The van der Waals surface area contributed by atoms with E-state index in [9.17, 15) is 18.7 Å². The number of carbonyl (C=O) groups is 1. The lowest BCUT2D eigenvalue weighted by Crippen LogP contribution is -2.44. The van der Waals surface area contributed by atoms with Crippen LogP contribution in [0.15, 0.2) is 12.1 Å². The summed E-state index contributed by atoms with van der Waals surface area (Å²) in [5, 5.41) is 9.33. The van der Waals surface area contributed by atoms with Crippen LogP contribution in [0.5, 0.6) is 11.5 Å². The van der Waals surface area contributed by atoms with Crippen LogP contribution in [0, 0.1) is 17.6 Å². The third-order valence-corrected chi connectivity index (χ3v) is 5.91. The van der Waals surface area contributed by atoms with Crippen molar-refractivity contribution in [2.24, 2.45) is 5.92 Å². The van der Waals surface area contributed by atoms with Crippen molar-refractivity contribution < 1.29 is 32.9 Å². The average Bonchev–Trinajstić information content (AvgIpc) is 3.06. The Hall–Kier alpha value is -2.13. The van der Waals surface area contributed by atoms with Gasteiger partial charge in [0.1, 0.15) is 25.1 Å². The first-order valence-electron chi connectivity index (χ1n) is 10.1. The number of benzene rings is 1. The number of carbonyl (C=O) groups excluding carboxylic acids is 1. The molecule has 0 aromatic heterocycles. The first kappa shape index (κ1) is 20.2. The highest BCUT2D eigenvalue weighted by Gasteiger charge is 2.33. The Morgan fingerprint density at radius 3 is 2.69 bits per heavy atom. The Bertz CT molecular complexity index is 742. The molecular weight excluding hydrogens is 386 g/mol. The minimum Gasteiger partial charge on any atom is -0.483 e. The predicted molar refractivity (Wildman–Crippen MR) is 99.0 cm³/mol. The topological polar surface area (TPSA) is 71.5 Å². The van der Waals surface area contributed by atoms with Crippen molar-refractivity contribution in [2.45, 2.75) is 31.4 Å². The number of aliphatic hydroxyl groups is 1. The minimum absolute atomic E-state index is 0.0250. The molecule has 2 atom stereocenters. The molecule has 1 N–H and O–H groups in total. The van der Waals surface area contributed by atoms with Gasteiger partial charge in [-0.1, -0.05) is 0 Å². The molecule has 1 aromatic rings. The number of cyclic esters (lactones) is 1. The van der Waals surface area contributed by atoms with Crippen LogP contribution >= 0.6 is 0 Å². The highest BCUT2D eigenvalue weighted by Crippen LogP contribution is 2.35. The Morgan fingerprint density at radius 2 is 1.93 bits per heavy atom. The molecule has 3 aliphatic rings. The molecule has 9 heteroatoms. The van der Waals surface area contributed by atoms with Crippen LogP contribution in [0.3, 0.4) is 0 Å². The van der Waals surface area contributed by atoms with Crippen LogP contribution in [-0.4, -0.2) is 79.1 Å². The van der Waals surface area contributed by atoms with E-state index >= 15 is 0 Å². The summed E-state index contributed by atoms with van der Waals surface area (Å²) in [7, 11) is 0. The second kappa shape index (κ2) is 8.71. The van der Waals surface area contributed by atoms with Crippen molar-refractivity contribution in [1.82, 2.24) is 9.80 Å². The molecular formula is C20H26F2N2O5. The summed E-state index contributed by atoms with van der Waals surface area (Å²) >= 11 is 0. The number of halogens is 2. The van der Waals surface area contributed by atoms with Crippen molar-refractivity contribution in [3.63, 3.8) is 0 Å². The van der Waals surface area contributed by atoms with Crippen molar-refractivity contribution in [2.75, 3.05) is 46.0 Å². The number of rotatable bonds is 6. The van der Waals surface area contributed by atoms with Crippen LogP contribution in [0.25, 0.3) is 0 Å². The molecule has 0 saturated carbocycles. The van der Waals surface area contributed by atoms with Gasteiger partial charge >= 0.3 is 6.09 Å². The Morgan fingerprint density at radius 1 is 1.14 bits per heavy atom. The fourth-order valence-corrected chi connectivity index (χ4v) is 4.23. The standard InChI is InChI=1S/C20H26F2N2O5/c21-14-7-17(22)19-18(8-14)29-16(12-27-19)9-23-4-1-13(2-5-23)3-6-24-15(10-25)11-28-20(24)26/h7-8,13,15-16,25H,1-6,9-12H2/t15-,16+/m1/s1. The van der Waals surface area contributed by atoms with E-state index in [-0.39, 0.29) is 49.6 Å². The van der Waals surface area contributed by atoms with E-state index < -0.39 is 11.6 Å². The zero-order chi connectivity index (χ0) is 20.4. The van der Waals surface area contributed by atoms with Crippen molar-refractivity contribution in [3.8, 4) is 11.5 Å². The molecule has 160 valence electrons. The smallest absolute Gasteiger partial charge is 0.410 e. The summed E-state index contributed by atoms with van der Waals surface area (Å²) < 4.78 is 43.3. The number of piperidine rings is 1. The molecule has 7 nitrogen and oxygen atoms in total. The molecule has 0 spiro atoms. The lowest BCUT2D eigenvalue weighted by Gasteiger charge is -2.36. The van der Waals surface area contributed by atoms with Crippen LogP contribution in [0.4, 0.5) is 13.6 Å². The summed E-state index contributed by atoms with van der Waals surface area (Å²) in [6.45, 7) is 3.43. The van der Waals surface area contributed by atoms with E-state index in [4.69, 9.17) is 14.2 Å². The van der Waals surface area contributed by atoms with Gasteiger partial charge in [0.05, 0.1) is 12.6 Å². The Kier molecular flexibility index (Phi) is 6.05. The number of likely N-dealkylation sites (tertiary alicyclic amines) is 1. The maximum absolute atomic E-state index is 13.7. The van der Waals surface area contributed by atoms with Gasteiger partial charge < -0.3 is 19.3 Å². The van der Waals surface area contributed by atoms with Crippen LogP contribution < -0.4 is 9.47 Å². The lowest BCUT2D eigenvalue weighted by molar-refractivity contribution is 0.0436. The number of amides is 1. The SMILES string of the molecule is O=C1OC[C@@H](CO)N1CCC1CCN(C[C@H]2COc3c(F)cc(F)cc3O2)CC1. The number of aliphatic hydroxyl groups excluding tert-OH is 1. The highest BCUT2D eigenvalue weighted by molar-refractivity contribution is 5.70. The molecule has 3 heterocycles. The van der Waals surface area contributed by atoms with E-state index in [0.29, 0.717) is 19.0 Å². The Balaban J connectivity index is 1.22. The van der Waals surface area contributed by atoms with E-state index in [1.807, 2.05) is 0 Å². The summed E-state index contributed by atoms with van der Waals surface area (Å²) in [5.41, 5.74) is 0. The second-order valence-corrected chi connectivity index (χ2v) is 7.91. The summed E-state index contributed by atoms with van der Waals surface area (Å²) in [6, 6.07) is 1.71. The zero-order valence-electron chi connectivity index (χ0n) is 16.2. The quantitative estimate of drug-likeness (QED) is 0.771. The fraction of sp³-hybridized carbons (Fsp3) is 0.650. The number of hydrogen-bond donors (Lipinski definition) is 1. The molecule has 0 unspecified atom stereocenters. The molecule has 0 bridgehead atoms. The van der Waals surface area contributed by atoms with Gasteiger partial charge in [-0.2, -0.15) is 0 Å². The molecule has 1 aromatic carbocycles. The van der Waals surface area contributed by atoms with Gasteiger partial charge in [0.2, 0.25) is 0 Å². The minimum atomic E-state index is -0.746. The fourth-order valence-electron chi connectivity index (χ4n) is 4.23. The Labute approximate surface area is 168 Å². The van der Waals surface area contributed by atoms with Crippen LogP contribution in [0.2, 0.25) is 0 Å². The zero-order valence-corrected chi connectivity index (χ0v) is 16.2. The van der Waals surface area contributed by atoms with Gasteiger partial charge in [-0.15, -0.1) is 0 Å². The molecule has 0 aliphatic carbocycles. The first-order chi connectivity index (χ1) is 14.0. The molecule has 2 saturated heterocycles. The molecule has 0 radical (unpaired) electrons. The molecule has 4 rings (SSSR count). The summed E-state index contributed by atoms with van der Waals surface area (Å²) in [4.78, 5) is 15.6. The van der Waals surface area contributed by atoms with E-state index in [1.165, 1.54) is 0 Å². The second-order valence-electron chi connectivity index (χ2n) is 7.91. The highest BCUT2D eigenvalue weighted by atomic mass is 19.1. The number of ether oxygens (including phenoxy) is 3. The van der Waals surface area contributed by atoms with Crippen LogP contribution in [0.1, 0.15) is 19.3 Å². The third kappa shape index (κ3) is 4.56. The van der Waals surface area contributed by atoms with E-state index in [2.05, 4.69) is 4.90 Å². The van der Waals surface area contributed by atoms with Gasteiger partial charge in [-0.3, -0.25) is 9.80 Å². The molecule has 3 aliphatic heterocycles. The molecule has 1 amide bonds. The van der Waals surface area contributed by atoms with Gasteiger partial charge in [0.15, 0.2) is 17.3 Å². The number of fused-ring (bicyclic) bond motifs is 1. The summed E-state index contributed by atoms with van der Waals surface area (Å²) in [6.07, 6.45) is 2.27. The lowest BCUT2D eigenvalue weighted by atomic mass is 9.93. The summed E-state index contributed by atoms with van der Waals surface area (Å²) in [5.74, 6) is -0.833. The predicted octanol–water partition coefficient (Wildman–Crippen LogP) is 2.02. The maximum atomic E-state index is 13.7. The molecule has 2 fully saturated rings. The van der Waals surface area contributed by atoms with Crippen molar-refractivity contribution >= 4 is 6.09 Å². The van der Waals surface area contributed by atoms with Crippen LogP contribution in [-0.2, 0) is 4.74 Å². The van der Waals surface area contributed by atoms with Crippen molar-refractivity contribution in [1.29, 1.82) is 0 Å². The number of hydrogen-bond acceptors (Lipinski definition) is 6. The van der Waals surface area contributed by atoms with Gasteiger partial charge in [-0.25, -0.2) is 13.6 Å². The average molecular weight is 412 g/mol. The van der Waals surface area contributed by atoms with Crippen molar-refractivity contribution in [3.05, 3.63) is 23.8 Å². The van der Waals surface area contributed by atoms with Gasteiger partial charge in [0, 0.05) is 25.2 Å². The first-order valence-corrected chi connectivity index (χ1v) is 10.1.